The second kappa shape index (κ2) is 8.20. The summed E-state index contributed by atoms with van der Waals surface area (Å²) in [5, 5.41) is 0. The summed E-state index contributed by atoms with van der Waals surface area (Å²) < 4.78 is 11.1. The lowest BCUT2D eigenvalue weighted by Gasteiger charge is -2.21. The van der Waals surface area contributed by atoms with E-state index in [2.05, 4.69) is 28.7 Å². The van der Waals surface area contributed by atoms with Gasteiger partial charge in [0.15, 0.2) is 0 Å². The molecule has 0 aromatic heterocycles. The highest BCUT2D eigenvalue weighted by atomic mass is 127. The van der Waals surface area contributed by atoms with Crippen LogP contribution in [0.25, 0.3) is 0 Å². The van der Waals surface area contributed by atoms with Crippen molar-refractivity contribution in [3.8, 4) is 0 Å². The lowest BCUT2D eigenvalue weighted by Crippen LogP contribution is -2.33. The van der Waals surface area contributed by atoms with E-state index in [9.17, 15) is 0 Å². The average Bonchev–Trinajstić information content (AvgIpc) is 2.13. The summed E-state index contributed by atoms with van der Waals surface area (Å²) in [6.07, 6.45) is 5.18. The number of hydrogen-bond acceptors (Lipinski definition) is 2. The predicted octanol–water partition coefficient (Wildman–Crippen LogP) is 3.62. The highest BCUT2D eigenvalue weighted by Gasteiger charge is 2.31. The minimum Gasteiger partial charge on any atom is -0.390 e. The first-order valence-electron chi connectivity index (χ1n) is 5.06. The van der Waals surface area contributed by atoms with Gasteiger partial charge in [0, 0.05) is 19.8 Å². The quantitative estimate of drug-likeness (QED) is 0.295. The van der Waals surface area contributed by atoms with Crippen molar-refractivity contribution in [3.05, 3.63) is 0 Å². The van der Waals surface area contributed by atoms with Crippen LogP contribution < -0.4 is 0 Å². The fourth-order valence-corrected chi connectivity index (χ4v) is 4.86. The van der Waals surface area contributed by atoms with Crippen molar-refractivity contribution in [1.82, 2.24) is 0 Å². The number of unbranched alkanes of at least 4 members (excludes halogenated alkanes) is 3. The van der Waals surface area contributed by atoms with Gasteiger partial charge in [-0.25, -0.2) is 0 Å². The van der Waals surface area contributed by atoms with Crippen LogP contribution in [0.4, 0.5) is 0 Å². The Kier molecular flexibility index (Phi) is 8.74. The van der Waals surface area contributed by atoms with Crippen LogP contribution in [0, 0.1) is 0 Å². The van der Waals surface area contributed by atoms with Gasteiger partial charge in [-0.05, 0) is 28.7 Å². The molecule has 0 aliphatic rings. The fraction of sp³-hybridized carbons (Fsp3) is 1.00. The molecule has 0 saturated carbocycles. The molecule has 0 spiro atoms. The summed E-state index contributed by atoms with van der Waals surface area (Å²) in [5.41, 5.74) is 0. The van der Waals surface area contributed by atoms with E-state index < -0.39 is 6.06 Å². The van der Waals surface area contributed by atoms with Crippen molar-refractivity contribution in [2.24, 2.45) is 0 Å². The Morgan fingerprint density at radius 2 is 1.85 bits per heavy atom. The number of hydrogen-bond donors (Lipinski definition) is 0. The minimum absolute atomic E-state index is 0.775. The Balaban J connectivity index is 3.57. The highest BCUT2D eigenvalue weighted by Crippen LogP contribution is 2.24. The van der Waals surface area contributed by atoms with Gasteiger partial charge in [0.25, 0.3) is 0 Å². The van der Waals surface area contributed by atoms with Crippen molar-refractivity contribution in [2.75, 3.05) is 13.7 Å². The van der Waals surface area contributed by atoms with Gasteiger partial charge in [-0.2, -0.15) is 0 Å². The molecule has 0 N–H and O–H groups in total. The van der Waals surface area contributed by atoms with Crippen LogP contribution in [-0.4, -0.2) is 19.8 Å². The molecule has 0 aromatic rings. The van der Waals surface area contributed by atoms with E-state index in [1.165, 1.54) is 25.7 Å². The molecule has 80 valence electrons. The molecule has 13 heavy (non-hydrogen) atoms. The zero-order valence-corrected chi connectivity index (χ0v) is 12.1. The molecule has 0 radical (unpaired) electrons. The summed E-state index contributed by atoms with van der Waals surface area (Å²) in [5.74, 6) is 0. The summed E-state index contributed by atoms with van der Waals surface area (Å²) in [4.78, 5) is 0. The second-order valence-electron chi connectivity index (χ2n) is 3.11. The summed E-state index contributed by atoms with van der Waals surface area (Å²) >= 11 is 2.38. The SMILES string of the molecule is CCCCCC[Si](I)(OC)OCC. The van der Waals surface area contributed by atoms with Gasteiger partial charge in [-0.1, -0.05) is 32.6 Å². The average molecular weight is 316 g/mol. The highest BCUT2D eigenvalue weighted by molar-refractivity contribution is 14.1. The zero-order valence-electron chi connectivity index (χ0n) is 8.94. The van der Waals surface area contributed by atoms with Crippen LogP contribution in [-0.2, 0) is 8.85 Å². The van der Waals surface area contributed by atoms with Gasteiger partial charge in [-0.3, -0.25) is 0 Å². The van der Waals surface area contributed by atoms with Crippen molar-refractivity contribution in [1.29, 1.82) is 0 Å². The standard InChI is InChI=1S/C9H21IO2Si/c1-4-6-7-8-9-13(10,11-3)12-5-2/h4-9H2,1-3H3. The van der Waals surface area contributed by atoms with Crippen molar-refractivity contribution < 1.29 is 8.85 Å². The molecule has 0 bridgehead atoms. The van der Waals surface area contributed by atoms with E-state index in [4.69, 9.17) is 8.85 Å². The lowest BCUT2D eigenvalue weighted by atomic mass is 10.2. The molecule has 0 fully saturated rings. The van der Waals surface area contributed by atoms with Gasteiger partial charge in [0.05, 0.1) is 0 Å². The first kappa shape index (κ1) is 13.9. The van der Waals surface area contributed by atoms with E-state index in [1.54, 1.807) is 7.11 Å². The van der Waals surface area contributed by atoms with Crippen molar-refractivity contribution >= 4 is 27.9 Å². The van der Waals surface area contributed by atoms with Gasteiger partial charge >= 0.3 is 6.06 Å². The molecule has 2 nitrogen and oxygen atoms in total. The topological polar surface area (TPSA) is 18.5 Å². The zero-order chi connectivity index (χ0) is 10.2. The molecule has 0 aliphatic heterocycles. The Morgan fingerprint density at radius 3 is 2.31 bits per heavy atom. The summed E-state index contributed by atoms with van der Waals surface area (Å²) in [6.45, 7) is 5.04. The Morgan fingerprint density at radius 1 is 1.15 bits per heavy atom. The van der Waals surface area contributed by atoms with Crippen LogP contribution in [0.2, 0.25) is 6.04 Å². The van der Waals surface area contributed by atoms with E-state index >= 15 is 0 Å². The number of halogens is 1. The molecule has 0 aliphatic carbocycles. The molecule has 4 heteroatoms. The maximum Gasteiger partial charge on any atom is 0.407 e. The largest absolute Gasteiger partial charge is 0.407 e. The third kappa shape index (κ3) is 6.87. The van der Waals surface area contributed by atoms with E-state index in [-0.39, 0.29) is 0 Å². The van der Waals surface area contributed by atoms with E-state index in [0.717, 1.165) is 12.7 Å². The minimum atomic E-state index is -1.80. The van der Waals surface area contributed by atoms with Gasteiger partial charge < -0.3 is 8.85 Å². The molecule has 0 amide bonds. The van der Waals surface area contributed by atoms with Gasteiger partial charge in [0.2, 0.25) is 0 Å². The third-order valence-corrected chi connectivity index (χ3v) is 8.15. The fourth-order valence-electron chi connectivity index (χ4n) is 1.21. The molecular weight excluding hydrogens is 295 g/mol. The van der Waals surface area contributed by atoms with E-state index in [1.807, 2.05) is 6.92 Å². The molecule has 1 unspecified atom stereocenters. The number of rotatable bonds is 8. The smallest absolute Gasteiger partial charge is 0.390 e. The van der Waals surface area contributed by atoms with Gasteiger partial charge in [0.1, 0.15) is 0 Å². The monoisotopic (exact) mass is 316 g/mol. The third-order valence-electron chi connectivity index (χ3n) is 1.99. The maximum atomic E-state index is 5.66. The predicted molar refractivity (Wildman–Crippen MR) is 67.4 cm³/mol. The molecule has 0 rings (SSSR count). The Hall–Kier alpha value is 0.867. The molecule has 0 aromatic carbocycles. The maximum absolute atomic E-state index is 5.66. The molecule has 1 atom stereocenters. The van der Waals surface area contributed by atoms with Crippen LogP contribution in [0.15, 0.2) is 0 Å². The first-order valence-corrected chi connectivity index (χ1v) is 10.2. The Labute approximate surface area is 95.8 Å². The van der Waals surface area contributed by atoms with Crippen molar-refractivity contribution in [2.45, 2.75) is 45.6 Å². The van der Waals surface area contributed by atoms with Crippen LogP contribution >= 0.6 is 21.8 Å². The first-order chi connectivity index (χ1) is 6.18. The van der Waals surface area contributed by atoms with Crippen LogP contribution in [0.3, 0.4) is 0 Å². The van der Waals surface area contributed by atoms with E-state index in [0.29, 0.717) is 0 Å². The summed E-state index contributed by atoms with van der Waals surface area (Å²) in [7, 11) is 1.77. The van der Waals surface area contributed by atoms with Crippen molar-refractivity contribution in [3.63, 3.8) is 0 Å². The second-order valence-corrected chi connectivity index (χ2v) is 10.6. The van der Waals surface area contributed by atoms with Gasteiger partial charge in [-0.15, -0.1) is 0 Å². The molecular formula is C9H21IO2Si. The molecule has 0 saturated heterocycles. The summed E-state index contributed by atoms with van der Waals surface area (Å²) in [6, 6.07) is -0.680. The van der Waals surface area contributed by atoms with Crippen LogP contribution in [0.5, 0.6) is 0 Å². The van der Waals surface area contributed by atoms with Crippen LogP contribution in [0.1, 0.15) is 39.5 Å². The molecule has 0 heterocycles. The normalized spacial score (nSPS) is 15.7. The lowest BCUT2D eigenvalue weighted by molar-refractivity contribution is 0.235. The Bertz CT molecular complexity index is 124.